The summed E-state index contributed by atoms with van der Waals surface area (Å²) in [6, 6.07) is 2.28. The summed E-state index contributed by atoms with van der Waals surface area (Å²) in [5, 5.41) is 0. The Kier molecular flexibility index (Phi) is 2.02. The first kappa shape index (κ1) is 8.25. The highest BCUT2D eigenvalue weighted by atomic mass is 15.3. The van der Waals surface area contributed by atoms with E-state index in [1.54, 1.807) is 6.20 Å². The lowest BCUT2D eigenvalue weighted by atomic mass is 10.0. The summed E-state index contributed by atoms with van der Waals surface area (Å²) in [4.78, 5) is 10.1. The normalized spacial score (nSPS) is 21.3. The second-order valence-electron chi connectivity index (χ2n) is 3.14. The van der Waals surface area contributed by atoms with Gasteiger partial charge in [-0.1, -0.05) is 0 Å². The summed E-state index contributed by atoms with van der Waals surface area (Å²) >= 11 is 0. The van der Waals surface area contributed by atoms with E-state index in [2.05, 4.69) is 14.9 Å². The highest BCUT2D eigenvalue weighted by molar-refractivity contribution is 5.44. The van der Waals surface area contributed by atoms with E-state index in [9.17, 15) is 0 Å². The van der Waals surface area contributed by atoms with E-state index in [-0.39, 0.29) is 0 Å². The smallest absolute Gasteiger partial charge is 0.221 e. The van der Waals surface area contributed by atoms with Crippen molar-refractivity contribution in [2.45, 2.75) is 12.5 Å². The molecule has 1 aliphatic rings. The quantitative estimate of drug-likeness (QED) is 0.645. The van der Waals surface area contributed by atoms with Crippen molar-refractivity contribution in [2.75, 3.05) is 23.7 Å². The zero-order chi connectivity index (χ0) is 9.26. The molecule has 70 valence electrons. The molecule has 1 aromatic rings. The maximum Gasteiger partial charge on any atom is 0.221 e. The van der Waals surface area contributed by atoms with Gasteiger partial charge in [-0.25, -0.2) is 4.98 Å². The topological polar surface area (TPSA) is 81.1 Å². The van der Waals surface area contributed by atoms with Crippen LogP contribution >= 0.6 is 0 Å². The van der Waals surface area contributed by atoms with Gasteiger partial charge in [0, 0.05) is 25.3 Å². The highest BCUT2D eigenvalue weighted by Crippen LogP contribution is 2.23. The summed E-state index contributed by atoms with van der Waals surface area (Å²) in [5.41, 5.74) is 11.1. The summed E-state index contributed by atoms with van der Waals surface area (Å²) in [5.74, 6) is 1.20. The second-order valence-corrected chi connectivity index (χ2v) is 3.14. The molecule has 0 bridgehead atoms. The van der Waals surface area contributed by atoms with Crippen LogP contribution in [0.25, 0.3) is 0 Å². The van der Waals surface area contributed by atoms with E-state index >= 15 is 0 Å². The number of nitrogen functional groups attached to an aromatic ring is 1. The Morgan fingerprint density at radius 3 is 3.00 bits per heavy atom. The maximum atomic E-state index is 5.58. The van der Waals surface area contributed by atoms with Crippen molar-refractivity contribution < 1.29 is 0 Å². The van der Waals surface area contributed by atoms with Crippen molar-refractivity contribution in [3.8, 4) is 0 Å². The summed E-state index contributed by atoms with van der Waals surface area (Å²) in [6.07, 6.45) is 2.81. The molecule has 2 heterocycles. The van der Waals surface area contributed by atoms with Crippen molar-refractivity contribution in [2.24, 2.45) is 5.73 Å². The molecule has 0 spiro atoms. The molecule has 0 aliphatic carbocycles. The van der Waals surface area contributed by atoms with Gasteiger partial charge in [0.1, 0.15) is 5.82 Å². The van der Waals surface area contributed by atoms with Gasteiger partial charge in [-0.15, -0.1) is 0 Å². The van der Waals surface area contributed by atoms with Crippen molar-refractivity contribution in [3.63, 3.8) is 0 Å². The molecular formula is C8H13N5. The van der Waals surface area contributed by atoms with Crippen molar-refractivity contribution >= 4 is 11.8 Å². The van der Waals surface area contributed by atoms with Gasteiger partial charge in [0.2, 0.25) is 5.95 Å². The number of anilines is 2. The van der Waals surface area contributed by atoms with Crippen LogP contribution in [0.1, 0.15) is 6.42 Å². The molecule has 1 saturated heterocycles. The van der Waals surface area contributed by atoms with Gasteiger partial charge in [0.25, 0.3) is 0 Å². The van der Waals surface area contributed by atoms with Gasteiger partial charge in [0.15, 0.2) is 0 Å². The Bertz CT molecular complexity index is 298. The lowest BCUT2D eigenvalue weighted by Crippen LogP contribution is -2.52. The van der Waals surface area contributed by atoms with Crippen LogP contribution in [0.4, 0.5) is 11.8 Å². The molecular weight excluding hydrogens is 166 g/mol. The fraction of sp³-hybridized carbons (Fsp3) is 0.500. The SMILES string of the molecule is NCC1CCN1c1ccnc(N)n1. The highest BCUT2D eigenvalue weighted by Gasteiger charge is 2.27. The van der Waals surface area contributed by atoms with Crippen LogP contribution in [0.2, 0.25) is 0 Å². The van der Waals surface area contributed by atoms with E-state index in [4.69, 9.17) is 11.5 Å². The Morgan fingerprint density at radius 1 is 1.62 bits per heavy atom. The minimum atomic E-state index is 0.320. The van der Waals surface area contributed by atoms with E-state index in [1.807, 2.05) is 6.07 Å². The van der Waals surface area contributed by atoms with Crippen LogP contribution in [0.5, 0.6) is 0 Å². The van der Waals surface area contributed by atoms with E-state index in [0.717, 1.165) is 18.8 Å². The molecule has 0 amide bonds. The third-order valence-electron chi connectivity index (χ3n) is 2.37. The van der Waals surface area contributed by atoms with E-state index < -0.39 is 0 Å². The fourth-order valence-corrected chi connectivity index (χ4v) is 1.51. The van der Waals surface area contributed by atoms with Crippen molar-refractivity contribution in [3.05, 3.63) is 12.3 Å². The molecule has 1 aliphatic heterocycles. The Morgan fingerprint density at radius 2 is 2.46 bits per heavy atom. The third-order valence-corrected chi connectivity index (χ3v) is 2.37. The zero-order valence-corrected chi connectivity index (χ0v) is 7.35. The van der Waals surface area contributed by atoms with Crippen LogP contribution in [0, 0.1) is 0 Å². The average molecular weight is 179 g/mol. The molecule has 1 aromatic heterocycles. The molecule has 1 unspecified atom stereocenters. The molecule has 13 heavy (non-hydrogen) atoms. The van der Waals surface area contributed by atoms with Gasteiger partial charge in [-0.2, -0.15) is 4.98 Å². The molecule has 0 saturated carbocycles. The minimum absolute atomic E-state index is 0.320. The molecule has 0 radical (unpaired) electrons. The Hall–Kier alpha value is -1.36. The number of aromatic nitrogens is 2. The molecule has 1 fully saturated rings. The first-order valence-electron chi connectivity index (χ1n) is 4.36. The van der Waals surface area contributed by atoms with Crippen LogP contribution in [-0.4, -0.2) is 29.1 Å². The standard InChI is InChI=1S/C8H13N5/c9-5-6-2-4-13(6)7-1-3-11-8(10)12-7/h1,3,6H,2,4-5,9H2,(H2,10,11,12). The largest absolute Gasteiger partial charge is 0.368 e. The fourth-order valence-electron chi connectivity index (χ4n) is 1.51. The molecule has 5 nitrogen and oxygen atoms in total. The van der Waals surface area contributed by atoms with Gasteiger partial charge in [-0.05, 0) is 12.5 Å². The first-order chi connectivity index (χ1) is 6.31. The molecule has 4 N–H and O–H groups in total. The van der Waals surface area contributed by atoms with Gasteiger partial charge in [0.05, 0.1) is 0 Å². The zero-order valence-electron chi connectivity index (χ0n) is 7.35. The van der Waals surface area contributed by atoms with E-state index in [0.29, 0.717) is 18.5 Å². The number of nitrogens with zero attached hydrogens (tertiary/aromatic N) is 3. The van der Waals surface area contributed by atoms with E-state index in [1.165, 1.54) is 0 Å². The summed E-state index contributed by atoms with van der Waals surface area (Å²) in [7, 11) is 0. The Balaban J connectivity index is 2.16. The lowest BCUT2D eigenvalue weighted by Gasteiger charge is -2.41. The molecule has 1 atom stereocenters. The number of rotatable bonds is 2. The molecule has 2 rings (SSSR count). The minimum Gasteiger partial charge on any atom is -0.368 e. The van der Waals surface area contributed by atoms with Gasteiger partial charge < -0.3 is 16.4 Å². The molecule has 5 heteroatoms. The number of hydrogen-bond acceptors (Lipinski definition) is 5. The predicted molar refractivity (Wildman–Crippen MR) is 51.2 cm³/mol. The third kappa shape index (κ3) is 1.42. The monoisotopic (exact) mass is 179 g/mol. The Labute approximate surface area is 76.8 Å². The van der Waals surface area contributed by atoms with Crippen LogP contribution in [0.3, 0.4) is 0 Å². The van der Waals surface area contributed by atoms with Gasteiger partial charge in [-0.3, -0.25) is 0 Å². The van der Waals surface area contributed by atoms with Crippen molar-refractivity contribution in [1.82, 2.24) is 9.97 Å². The second kappa shape index (κ2) is 3.18. The molecule has 0 aromatic carbocycles. The van der Waals surface area contributed by atoms with Gasteiger partial charge >= 0.3 is 0 Å². The van der Waals surface area contributed by atoms with Crippen molar-refractivity contribution in [1.29, 1.82) is 0 Å². The number of hydrogen-bond donors (Lipinski definition) is 2. The predicted octanol–water partition coefficient (Wildman–Crippen LogP) is -0.404. The summed E-state index contributed by atoms with van der Waals surface area (Å²) < 4.78 is 0. The average Bonchev–Trinajstić information content (AvgIpc) is 2.03. The first-order valence-corrected chi connectivity index (χ1v) is 4.36. The lowest BCUT2D eigenvalue weighted by molar-refractivity contribution is 0.452. The van der Waals surface area contributed by atoms with Crippen LogP contribution in [-0.2, 0) is 0 Å². The number of nitrogens with two attached hydrogens (primary N) is 2. The summed E-state index contributed by atoms with van der Waals surface area (Å²) in [6.45, 7) is 1.68. The van der Waals surface area contributed by atoms with Crippen LogP contribution in [0.15, 0.2) is 12.3 Å². The van der Waals surface area contributed by atoms with Crippen LogP contribution < -0.4 is 16.4 Å². The maximum absolute atomic E-state index is 5.58.